The molecule has 1 saturated carbocycles. The second-order valence-corrected chi connectivity index (χ2v) is 9.01. The van der Waals surface area contributed by atoms with Crippen molar-refractivity contribution in [1.82, 2.24) is 0 Å². The zero-order valence-corrected chi connectivity index (χ0v) is 18.2. The molecule has 1 aliphatic carbocycles. The van der Waals surface area contributed by atoms with Gasteiger partial charge in [-0.05, 0) is 30.6 Å². The molecule has 1 rings (SSSR count). The van der Waals surface area contributed by atoms with E-state index in [2.05, 4.69) is 11.7 Å². The van der Waals surface area contributed by atoms with Gasteiger partial charge in [-0.3, -0.25) is 4.79 Å². The lowest BCUT2D eigenvalue weighted by molar-refractivity contribution is -0.140. The molecule has 0 aromatic heterocycles. The topological polar surface area (TPSA) is 66.8 Å². The number of rotatable bonds is 13. The zero-order valence-electron chi connectivity index (χ0n) is 18.2. The third-order valence-corrected chi connectivity index (χ3v) is 6.26. The molecule has 4 nitrogen and oxygen atoms in total. The molecule has 0 aromatic rings. The number of alkyl halides is 1. The lowest BCUT2D eigenvalue weighted by atomic mass is 9.80. The maximum absolute atomic E-state index is 14.4. The van der Waals surface area contributed by atoms with Gasteiger partial charge in [-0.25, -0.2) is 4.39 Å². The molecule has 2 N–H and O–H groups in total. The Morgan fingerprint density at radius 2 is 1.93 bits per heavy atom. The van der Waals surface area contributed by atoms with Crippen molar-refractivity contribution in [2.24, 2.45) is 17.3 Å². The lowest BCUT2D eigenvalue weighted by Crippen LogP contribution is -2.28. The molecule has 0 bridgehead atoms. The van der Waals surface area contributed by atoms with Crippen LogP contribution in [0.15, 0.2) is 12.2 Å². The number of hydrogen-bond donors (Lipinski definition) is 2. The minimum Gasteiger partial charge on any atom is -0.469 e. The van der Waals surface area contributed by atoms with Crippen LogP contribution in [0.2, 0.25) is 0 Å². The Hall–Kier alpha value is -0.940. The van der Waals surface area contributed by atoms with Gasteiger partial charge in [-0.1, -0.05) is 65.0 Å². The van der Waals surface area contributed by atoms with E-state index in [1.807, 2.05) is 19.9 Å². The number of methoxy groups -OCH3 is 1. The van der Waals surface area contributed by atoms with Crippen LogP contribution in [0.4, 0.5) is 4.39 Å². The van der Waals surface area contributed by atoms with Gasteiger partial charge in [0.2, 0.25) is 0 Å². The van der Waals surface area contributed by atoms with Crippen molar-refractivity contribution < 1.29 is 24.1 Å². The van der Waals surface area contributed by atoms with E-state index in [1.54, 1.807) is 6.08 Å². The number of hydrogen-bond acceptors (Lipinski definition) is 4. The van der Waals surface area contributed by atoms with Crippen molar-refractivity contribution in [2.75, 3.05) is 7.11 Å². The van der Waals surface area contributed by atoms with Gasteiger partial charge in [0, 0.05) is 18.8 Å². The molecular weight excluding hydrogens is 359 g/mol. The Balaban J connectivity index is 2.50. The van der Waals surface area contributed by atoms with Crippen molar-refractivity contribution in [1.29, 1.82) is 0 Å². The molecule has 28 heavy (non-hydrogen) atoms. The molecule has 1 aliphatic rings. The molecule has 0 amide bonds. The molecule has 0 unspecified atom stereocenters. The quantitative estimate of drug-likeness (QED) is 0.260. The van der Waals surface area contributed by atoms with Gasteiger partial charge in [0.15, 0.2) is 0 Å². The van der Waals surface area contributed by atoms with Crippen LogP contribution in [-0.4, -0.2) is 41.7 Å². The number of carbonyl (C=O) groups excluding carboxylic acids is 1. The van der Waals surface area contributed by atoms with Crippen molar-refractivity contribution in [3.8, 4) is 0 Å². The highest BCUT2D eigenvalue weighted by atomic mass is 19.1. The molecule has 164 valence electrons. The SMILES string of the molecule is CCCCC(C)(C)[C@H](O)/C=C/[C@@H]1[C@@H](CCCCCCC(=O)OC)[C@H](F)C[C@H]1O. The van der Waals surface area contributed by atoms with Crippen molar-refractivity contribution >= 4 is 5.97 Å². The van der Waals surface area contributed by atoms with E-state index in [0.717, 1.165) is 51.4 Å². The van der Waals surface area contributed by atoms with E-state index >= 15 is 0 Å². The Kier molecular flexibility index (Phi) is 11.3. The Labute approximate surface area is 170 Å². The van der Waals surface area contributed by atoms with Gasteiger partial charge in [0.25, 0.3) is 0 Å². The monoisotopic (exact) mass is 400 g/mol. The third-order valence-electron chi connectivity index (χ3n) is 6.26. The van der Waals surface area contributed by atoms with E-state index in [0.29, 0.717) is 6.42 Å². The van der Waals surface area contributed by atoms with E-state index in [-0.39, 0.29) is 29.6 Å². The molecular formula is C23H41FO4. The average molecular weight is 401 g/mol. The first-order valence-electron chi connectivity index (χ1n) is 11.0. The third kappa shape index (κ3) is 8.20. The van der Waals surface area contributed by atoms with Crippen LogP contribution < -0.4 is 0 Å². The van der Waals surface area contributed by atoms with Crippen molar-refractivity contribution in [3.05, 3.63) is 12.2 Å². The second kappa shape index (κ2) is 12.6. The fraction of sp³-hybridized carbons (Fsp3) is 0.870. The fourth-order valence-electron chi connectivity index (χ4n) is 4.11. The first-order valence-corrected chi connectivity index (χ1v) is 11.0. The summed E-state index contributed by atoms with van der Waals surface area (Å²) in [5, 5.41) is 20.8. The smallest absolute Gasteiger partial charge is 0.305 e. The average Bonchev–Trinajstić information content (AvgIpc) is 2.93. The summed E-state index contributed by atoms with van der Waals surface area (Å²) in [7, 11) is 1.39. The molecule has 0 saturated heterocycles. The van der Waals surface area contributed by atoms with Crippen molar-refractivity contribution in [3.63, 3.8) is 0 Å². The van der Waals surface area contributed by atoms with Crippen LogP contribution in [0.1, 0.15) is 85.0 Å². The first-order chi connectivity index (χ1) is 13.2. The number of halogens is 1. The van der Waals surface area contributed by atoms with Crippen LogP contribution >= 0.6 is 0 Å². The van der Waals surface area contributed by atoms with Gasteiger partial charge < -0.3 is 14.9 Å². The Morgan fingerprint density at radius 1 is 1.25 bits per heavy atom. The molecule has 1 fully saturated rings. The molecule has 0 radical (unpaired) electrons. The molecule has 0 aliphatic heterocycles. The normalized spacial score (nSPS) is 26.7. The first kappa shape index (κ1) is 25.1. The van der Waals surface area contributed by atoms with E-state index in [1.165, 1.54) is 7.11 Å². The fourth-order valence-corrected chi connectivity index (χ4v) is 4.11. The van der Waals surface area contributed by atoms with Gasteiger partial charge in [0.1, 0.15) is 6.17 Å². The second-order valence-electron chi connectivity index (χ2n) is 9.01. The number of carbonyl (C=O) groups is 1. The van der Waals surface area contributed by atoms with E-state index in [9.17, 15) is 19.4 Å². The summed E-state index contributed by atoms with van der Waals surface area (Å²) >= 11 is 0. The molecule has 0 spiro atoms. The summed E-state index contributed by atoms with van der Waals surface area (Å²) in [5.41, 5.74) is -0.222. The van der Waals surface area contributed by atoms with Crippen LogP contribution in [0.5, 0.6) is 0 Å². The summed E-state index contributed by atoms with van der Waals surface area (Å²) in [6.07, 6.45) is 9.32. The number of aliphatic hydroxyl groups is 2. The lowest BCUT2D eigenvalue weighted by Gasteiger charge is -2.29. The zero-order chi connectivity index (χ0) is 21.2. The number of ether oxygens (including phenoxy) is 1. The maximum atomic E-state index is 14.4. The summed E-state index contributed by atoms with van der Waals surface area (Å²) in [4.78, 5) is 11.1. The largest absolute Gasteiger partial charge is 0.469 e. The highest BCUT2D eigenvalue weighted by molar-refractivity contribution is 5.68. The highest BCUT2D eigenvalue weighted by Crippen LogP contribution is 2.39. The Bertz CT molecular complexity index is 477. The number of aliphatic hydroxyl groups excluding tert-OH is 2. The predicted molar refractivity (Wildman–Crippen MR) is 111 cm³/mol. The van der Waals surface area contributed by atoms with Gasteiger partial charge >= 0.3 is 5.97 Å². The highest BCUT2D eigenvalue weighted by Gasteiger charge is 2.41. The van der Waals surface area contributed by atoms with Gasteiger partial charge in [-0.2, -0.15) is 0 Å². The molecule has 5 atom stereocenters. The summed E-state index contributed by atoms with van der Waals surface area (Å²) in [6, 6.07) is 0. The molecule has 5 heteroatoms. The van der Waals surface area contributed by atoms with Crippen LogP contribution in [-0.2, 0) is 9.53 Å². The predicted octanol–water partition coefficient (Wildman–Crippen LogP) is 4.97. The summed E-state index contributed by atoms with van der Waals surface area (Å²) in [6.45, 7) is 6.23. The Morgan fingerprint density at radius 3 is 2.57 bits per heavy atom. The number of unbranched alkanes of at least 4 members (excludes halogenated alkanes) is 4. The minimum atomic E-state index is -0.995. The van der Waals surface area contributed by atoms with Crippen LogP contribution in [0.25, 0.3) is 0 Å². The van der Waals surface area contributed by atoms with Crippen molar-refractivity contribution in [2.45, 2.75) is 103 Å². The minimum absolute atomic E-state index is 0.178. The standard InChI is InChI=1S/C23H41FO4/c1-5-6-15-23(2,3)21(26)14-13-18-17(19(24)16-20(18)25)11-9-7-8-10-12-22(27)28-4/h13-14,17-21,25-26H,5-12,15-16H2,1-4H3/b14-13+/t17-,18-,19-,20-,21-/m1/s1. The van der Waals surface area contributed by atoms with Gasteiger partial charge in [0.05, 0.1) is 19.3 Å². The number of esters is 1. The molecule has 0 aromatic carbocycles. The van der Waals surface area contributed by atoms with Gasteiger partial charge in [-0.15, -0.1) is 0 Å². The van der Waals surface area contributed by atoms with E-state index < -0.39 is 18.4 Å². The van der Waals surface area contributed by atoms with E-state index in [4.69, 9.17) is 0 Å². The summed E-state index contributed by atoms with van der Waals surface area (Å²) < 4.78 is 19.0. The molecule has 0 heterocycles. The van der Waals surface area contributed by atoms with Crippen LogP contribution in [0.3, 0.4) is 0 Å². The summed E-state index contributed by atoms with van der Waals surface area (Å²) in [5.74, 6) is -0.618. The maximum Gasteiger partial charge on any atom is 0.305 e. The van der Waals surface area contributed by atoms with Crippen LogP contribution in [0, 0.1) is 17.3 Å².